The minimum absolute atomic E-state index is 0.513. The van der Waals surface area contributed by atoms with Crippen molar-refractivity contribution in [2.45, 2.75) is 32.6 Å². The molecular formula is C14H18BrNS. The lowest BCUT2D eigenvalue weighted by Gasteiger charge is -2.08. The Morgan fingerprint density at radius 1 is 1.35 bits per heavy atom. The molecule has 1 nitrogen and oxygen atoms in total. The Morgan fingerprint density at radius 2 is 2.12 bits per heavy atom. The average Bonchev–Trinajstić information content (AvgIpc) is 2.64. The molecule has 0 saturated carbocycles. The summed E-state index contributed by atoms with van der Waals surface area (Å²) in [6.45, 7) is 6.68. The van der Waals surface area contributed by atoms with Crippen molar-refractivity contribution in [1.82, 2.24) is 4.57 Å². The van der Waals surface area contributed by atoms with Crippen molar-refractivity contribution in [1.29, 1.82) is 0 Å². The summed E-state index contributed by atoms with van der Waals surface area (Å²) in [6, 6.07) is 7.08. The molecule has 1 aromatic carbocycles. The van der Waals surface area contributed by atoms with Crippen LogP contribution in [0.2, 0.25) is 0 Å². The normalized spacial score (nSPS) is 11.6. The van der Waals surface area contributed by atoms with Gasteiger partial charge < -0.3 is 4.57 Å². The monoisotopic (exact) mass is 311 g/mol. The quantitative estimate of drug-likeness (QED) is 0.747. The van der Waals surface area contributed by atoms with E-state index in [1.165, 1.54) is 22.2 Å². The van der Waals surface area contributed by atoms with E-state index in [0.717, 1.165) is 10.2 Å². The highest BCUT2D eigenvalue weighted by Crippen LogP contribution is 2.29. The van der Waals surface area contributed by atoms with Crippen LogP contribution in [0.15, 0.2) is 28.9 Å². The van der Waals surface area contributed by atoms with Crippen molar-refractivity contribution in [3.63, 3.8) is 0 Å². The molecule has 0 radical (unpaired) electrons. The lowest BCUT2D eigenvalue weighted by molar-refractivity contribution is 0.621. The van der Waals surface area contributed by atoms with E-state index in [0.29, 0.717) is 6.04 Å². The number of hydrogen-bond donors (Lipinski definition) is 0. The molecule has 0 fully saturated rings. The third kappa shape index (κ3) is 2.71. The van der Waals surface area contributed by atoms with Crippen LogP contribution in [0.25, 0.3) is 10.9 Å². The number of nitrogens with zero attached hydrogens (tertiary/aromatic N) is 1. The second kappa shape index (κ2) is 5.49. The van der Waals surface area contributed by atoms with E-state index >= 15 is 0 Å². The fraction of sp³-hybridized carbons (Fsp3) is 0.429. The van der Waals surface area contributed by atoms with Crippen LogP contribution in [0.4, 0.5) is 0 Å². The molecule has 0 N–H and O–H groups in total. The van der Waals surface area contributed by atoms with Crippen molar-refractivity contribution < 1.29 is 0 Å². The first-order chi connectivity index (χ1) is 8.13. The summed E-state index contributed by atoms with van der Waals surface area (Å²) in [7, 11) is 0. The second-order valence-corrected chi connectivity index (χ2v) is 6.64. The van der Waals surface area contributed by atoms with E-state index in [1.807, 2.05) is 11.8 Å². The first kappa shape index (κ1) is 13.0. The van der Waals surface area contributed by atoms with Gasteiger partial charge in [-0.15, -0.1) is 0 Å². The van der Waals surface area contributed by atoms with Gasteiger partial charge in [-0.25, -0.2) is 0 Å². The van der Waals surface area contributed by atoms with E-state index < -0.39 is 0 Å². The van der Waals surface area contributed by atoms with E-state index in [4.69, 9.17) is 0 Å². The van der Waals surface area contributed by atoms with Crippen LogP contribution in [0.5, 0.6) is 0 Å². The van der Waals surface area contributed by atoms with Crippen molar-refractivity contribution >= 4 is 38.6 Å². The van der Waals surface area contributed by atoms with E-state index in [1.54, 1.807) is 0 Å². The predicted molar refractivity (Wildman–Crippen MR) is 81.9 cm³/mol. The average molecular weight is 312 g/mol. The predicted octanol–water partition coefficient (Wildman–Crippen LogP) is 5.24. The molecule has 0 aliphatic rings. The minimum Gasteiger partial charge on any atom is -0.345 e. The molecule has 0 aliphatic carbocycles. The molecular weight excluding hydrogens is 294 g/mol. The Hall–Kier alpha value is -0.410. The molecule has 0 saturated heterocycles. The fourth-order valence-electron chi connectivity index (χ4n) is 2.05. The zero-order valence-corrected chi connectivity index (χ0v) is 12.9. The van der Waals surface area contributed by atoms with E-state index in [-0.39, 0.29) is 0 Å². The smallest absolute Gasteiger partial charge is 0.0486 e. The Balaban J connectivity index is 2.54. The largest absolute Gasteiger partial charge is 0.345 e. The molecule has 17 heavy (non-hydrogen) atoms. The molecule has 0 spiro atoms. The van der Waals surface area contributed by atoms with Gasteiger partial charge in [0.15, 0.2) is 0 Å². The molecule has 0 bridgehead atoms. The van der Waals surface area contributed by atoms with Gasteiger partial charge in [-0.3, -0.25) is 0 Å². The number of benzene rings is 1. The van der Waals surface area contributed by atoms with Crippen LogP contribution in [-0.4, -0.2) is 10.3 Å². The Bertz CT molecular complexity index is 516. The third-order valence-corrected chi connectivity index (χ3v) is 4.31. The van der Waals surface area contributed by atoms with Gasteiger partial charge in [0.2, 0.25) is 0 Å². The fourth-order valence-corrected chi connectivity index (χ4v) is 3.07. The van der Waals surface area contributed by atoms with Crippen LogP contribution in [-0.2, 0) is 5.75 Å². The molecule has 0 unspecified atom stereocenters. The molecule has 92 valence electrons. The first-order valence-electron chi connectivity index (χ1n) is 6.00. The van der Waals surface area contributed by atoms with Crippen molar-refractivity contribution in [2.75, 3.05) is 5.75 Å². The van der Waals surface area contributed by atoms with Crippen LogP contribution in [0, 0.1) is 0 Å². The van der Waals surface area contributed by atoms with Gasteiger partial charge in [0, 0.05) is 33.4 Å². The molecule has 3 heteroatoms. The maximum absolute atomic E-state index is 3.56. The van der Waals surface area contributed by atoms with Crippen molar-refractivity contribution in [3.8, 4) is 0 Å². The van der Waals surface area contributed by atoms with Crippen molar-refractivity contribution in [3.05, 3.63) is 34.4 Å². The maximum atomic E-state index is 3.56. The summed E-state index contributed by atoms with van der Waals surface area (Å²) in [5.41, 5.74) is 2.79. The molecule has 2 rings (SSSR count). The molecule has 1 aromatic heterocycles. The highest BCUT2D eigenvalue weighted by Gasteiger charge is 2.10. The molecule has 0 aliphatic heterocycles. The molecule has 0 atom stereocenters. The van der Waals surface area contributed by atoms with E-state index in [9.17, 15) is 0 Å². The number of rotatable bonds is 4. The highest BCUT2D eigenvalue weighted by molar-refractivity contribution is 9.10. The van der Waals surface area contributed by atoms with Gasteiger partial charge in [-0.2, -0.15) is 11.8 Å². The molecule has 0 amide bonds. The number of hydrogen-bond acceptors (Lipinski definition) is 1. The second-order valence-electron chi connectivity index (χ2n) is 4.45. The summed E-state index contributed by atoms with van der Waals surface area (Å²) in [4.78, 5) is 0. The maximum Gasteiger partial charge on any atom is 0.0486 e. The van der Waals surface area contributed by atoms with Crippen molar-refractivity contribution in [2.24, 2.45) is 0 Å². The topological polar surface area (TPSA) is 4.93 Å². The summed E-state index contributed by atoms with van der Waals surface area (Å²) >= 11 is 5.54. The summed E-state index contributed by atoms with van der Waals surface area (Å²) in [5.74, 6) is 2.27. The molecule has 1 heterocycles. The van der Waals surface area contributed by atoms with Gasteiger partial charge in [0.25, 0.3) is 0 Å². The van der Waals surface area contributed by atoms with Crippen LogP contribution < -0.4 is 0 Å². The lowest BCUT2D eigenvalue weighted by atomic mass is 10.2. The zero-order chi connectivity index (χ0) is 12.4. The van der Waals surface area contributed by atoms with Crippen LogP contribution in [0.1, 0.15) is 32.4 Å². The number of aromatic nitrogens is 1. The zero-order valence-electron chi connectivity index (χ0n) is 10.5. The van der Waals surface area contributed by atoms with Gasteiger partial charge in [-0.05, 0) is 43.4 Å². The number of fused-ring (bicyclic) bond motifs is 1. The third-order valence-electron chi connectivity index (χ3n) is 2.90. The minimum atomic E-state index is 0.513. The molecule has 2 aromatic rings. The van der Waals surface area contributed by atoms with Gasteiger partial charge >= 0.3 is 0 Å². The standard InChI is InChI=1S/C14H18BrNS/c1-4-17-9-11-8-16(10(2)3)14-6-5-12(15)7-13(11)14/h5-8,10H,4,9H2,1-3H3. The Morgan fingerprint density at radius 3 is 2.76 bits per heavy atom. The SMILES string of the molecule is CCSCc1cn(C(C)C)c2ccc(Br)cc12. The van der Waals surface area contributed by atoms with Crippen LogP contribution in [0.3, 0.4) is 0 Å². The van der Waals surface area contributed by atoms with Gasteiger partial charge in [0.05, 0.1) is 0 Å². The summed E-state index contributed by atoms with van der Waals surface area (Å²) < 4.78 is 3.53. The summed E-state index contributed by atoms with van der Waals surface area (Å²) in [5, 5.41) is 1.38. The Kier molecular flexibility index (Phi) is 4.21. The first-order valence-corrected chi connectivity index (χ1v) is 7.95. The number of halogens is 1. The van der Waals surface area contributed by atoms with Gasteiger partial charge in [0.1, 0.15) is 0 Å². The van der Waals surface area contributed by atoms with E-state index in [2.05, 4.69) is 65.7 Å². The lowest BCUT2D eigenvalue weighted by Crippen LogP contribution is -1.97. The summed E-state index contributed by atoms with van der Waals surface area (Å²) in [6.07, 6.45) is 2.31. The Labute approximate surface area is 116 Å². The van der Waals surface area contributed by atoms with Crippen LogP contribution >= 0.6 is 27.7 Å². The number of thioether (sulfide) groups is 1. The van der Waals surface area contributed by atoms with Gasteiger partial charge in [-0.1, -0.05) is 22.9 Å². The highest BCUT2D eigenvalue weighted by atomic mass is 79.9.